The van der Waals surface area contributed by atoms with Crippen LogP contribution in [0.3, 0.4) is 0 Å². The first-order valence-electron chi connectivity index (χ1n) is 9.02. The number of aromatic nitrogens is 2. The van der Waals surface area contributed by atoms with Gasteiger partial charge in [-0.25, -0.2) is 0 Å². The highest BCUT2D eigenvalue weighted by Crippen LogP contribution is 2.30. The first-order valence-corrected chi connectivity index (χ1v) is 9.02. The van der Waals surface area contributed by atoms with Crippen LogP contribution in [0.2, 0.25) is 0 Å². The maximum absolute atomic E-state index is 6.12. The molecule has 0 amide bonds. The third-order valence-electron chi connectivity index (χ3n) is 5.38. The second-order valence-electron chi connectivity index (χ2n) is 7.33. The van der Waals surface area contributed by atoms with Crippen LogP contribution in [0.5, 0.6) is 5.88 Å². The molecule has 1 aromatic carbocycles. The van der Waals surface area contributed by atoms with Gasteiger partial charge in [-0.3, -0.25) is 4.90 Å². The smallest absolute Gasteiger partial charge is 0.233 e. The van der Waals surface area contributed by atoms with Crippen LogP contribution < -0.4 is 4.74 Å². The number of benzene rings is 1. The van der Waals surface area contributed by atoms with Gasteiger partial charge in [0.15, 0.2) is 0 Å². The lowest BCUT2D eigenvalue weighted by atomic mass is 9.86. The van der Waals surface area contributed by atoms with Gasteiger partial charge in [0.1, 0.15) is 6.10 Å². The van der Waals surface area contributed by atoms with Gasteiger partial charge in [0, 0.05) is 18.2 Å². The highest BCUT2D eigenvalue weighted by Gasteiger charge is 2.35. The van der Waals surface area contributed by atoms with Crippen LogP contribution in [-0.2, 0) is 0 Å². The molecule has 126 valence electrons. The van der Waals surface area contributed by atoms with Crippen LogP contribution in [0.25, 0.3) is 11.3 Å². The fourth-order valence-corrected chi connectivity index (χ4v) is 3.78. The second kappa shape index (κ2) is 6.52. The van der Waals surface area contributed by atoms with Crippen molar-refractivity contribution in [1.29, 1.82) is 0 Å². The van der Waals surface area contributed by atoms with Crippen molar-refractivity contribution in [1.82, 2.24) is 15.1 Å². The Morgan fingerprint density at radius 3 is 2.29 bits per heavy atom. The summed E-state index contributed by atoms with van der Waals surface area (Å²) in [6.45, 7) is 7.89. The molecule has 3 saturated heterocycles. The molecule has 4 nitrogen and oxygen atoms in total. The lowest BCUT2D eigenvalue weighted by Crippen LogP contribution is -2.52. The molecule has 2 bridgehead atoms. The van der Waals surface area contributed by atoms with E-state index in [9.17, 15) is 0 Å². The molecule has 3 fully saturated rings. The van der Waals surface area contributed by atoms with E-state index in [1.807, 2.05) is 12.1 Å². The van der Waals surface area contributed by atoms with Crippen molar-refractivity contribution in [2.24, 2.45) is 5.92 Å². The molecule has 3 aliphatic rings. The molecule has 4 heteroatoms. The lowest BCUT2D eigenvalue weighted by molar-refractivity contribution is -0.0103. The van der Waals surface area contributed by atoms with E-state index in [1.54, 1.807) is 0 Å². The molecule has 0 radical (unpaired) electrons. The third-order valence-corrected chi connectivity index (χ3v) is 5.38. The van der Waals surface area contributed by atoms with Gasteiger partial charge < -0.3 is 4.74 Å². The van der Waals surface area contributed by atoms with E-state index in [0.29, 0.717) is 17.7 Å². The number of hydrogen-bond acceptors (Lipinski definition) is 4. The van der Waals surface area contributed by atoms with Crippen molar-refractivity contribution in [2.45, 2.75) is 38.7 Å². The summed E-state index contributed by atoms with van der Waals surface area (Å²) in [5, 5.41) is 8.66. The molecule has 0 saturated carbocycles. The molecule has 24 heavy (non-hydrogen) atoms. The van der Waals surface area contributed by atoms with E-state index < -0.39 is 0 Å². The maximum atomic E-state index is 6.12. The summed E-state index contributed by atoms with van der Waals surface area (Å²) in [7, 11) is 0. The molecule has 2 aromatic rings. The van der Waals surface area contributed by atoms with Crippen LogP contribution >= 0.6 is 0 Å². The summed E-state index contributed by atoms with van der Waals surface area (Å²) in [5.41, 5.74) is 3.34. The summed E-state index contributed by atoms with van der Waals surface area (Å²) < 4.78 is 6.12. The Hall–Kier alpha value is -1.94. The molecule has 0 N–H and O–H groups in total. The van der Waals surface area contributed by atoms with Crippen molar-refractivity contribution in [3.05, 3.63) is 42.0 Å². The van der Waals surface area contributed by atoms with Gasteiger partial charge in [0.05, 0.1) is 5.69 Å². The molecule has 1 unspecified atom stereocenters. The van der Waals surface area contributed by atoms with Gasteiger partial charge in [0.25, 0.3) is 0 Å². The van der Waals surface area contributed by atoms with Crippen molar-refractivity contribution < 1.29 is 4.74 Å². The summed E-state index contributed by atoms with van der Waals surface area (Å²) >= 11 is 0. The van der Waals surface area contributed by atoms with Gasteiger partial charge in [-0.05, 0) is 49.4 Å². The Balaban J connectivity index is 1.44. The second-order valence-corrected chi connectivity index (χ2v) is 7.33. The topological polar surface area (TPSA) is 38.2 Å². The number of fused-ring (bicyclic) bond motifs is 3. The van der Waals surface area contributed by atoms with Gasteiger partial charge in [-0.15, -0.1) is 10.2 Å². The average molecular weight is 323 g/mol. The Bertz CT molecular complexity index is 673. The standard InChI is InChI=1S/C20H25N3O/c1-14(2)15-3-5-16(6-4-15)18-7-8-20(22-21-18)24-19-13-23-11-9-17(19)10-12-23/h3-8,14,17,19H,9-13H2,1-2H3. The lowest BCUT2D eigenvalue weighted by Gasteiger charge is -2.44. The SMILES string of the molecule is CC(C)c1ccc(-c2ccc(OC3CN4CCC3CC4)nn2)cc1. The minimum absolute atomic E-state index is 0.276. The van der Waals surface area contributed by atoms with E-state index in [1.165, 1.54) is 31.5 Å². The monoisotopic (exact) mass is 323 g/mol. The first kappa shape index (κ1) is 15.6. The fourth-order valence-electron chi connectivity index (χ4n) is 3.78. The van der Waals surface area contributed by atoms with E-state index in [2.05, 4.69) is 53.2 Å². The summed E-state index contributed by atoms with van der Waals surface area (Å²) in [4.78, 5) is 2.49. The van der Waals surface area contributed by atoms with Crippen molar-refractivity contribution in [2.75, 3.05) is 19.6 Å². The predicted molar refractivity (Wildman–Crippen MR) is 95.1 cm³/mol. The van der Waals surface area contributed by atoms with Gasteiger partial charge in [-0.2, -0.15) is 0 Å². The van der Waals surface area contributed by atoms with E-state index >= 15 is 0 Å². The van der Waals surface area contributed by atoms with Crippen molar-refractivity contribution in [3.8, 4) is 17.1 Å². The minimum atomic E-state index is 0.276. The Kier molecular flexibility index (Phi) is 4.23. The number of ether oxygens (including phenoxy) is 1. The number of piperidine rings is 3. The molecule has 5 rings (SSSR count). The fraction of sp³-hybridized carbons (Fsp3) is 0.500. The van der Waals surface area contributed by atoms with E-state index in [0.717, 1.165) is 17.8 Å². The third kappa shape index (κ3) is 3.16. The Morgan fingerprint density at radius 1 is 1.00 bits per heavy atom. The Morgan fingerprint density at radius 2 is 1.75 bits per heavy atom. The van der Waals surface area contributed by atoms with Crippen molar-refractivity contribution in [3.63, 3.8) is 0 Å². The normalized spacial score (nSPS) is 25.9. The minimum Gasteiger partial charge on any atom is -0.472 e. The first-order chi connectivity index (χ1) is 11.7. The maximum Gasteiger partial charge on any atom is 0.233 e. The van der Waals surface area contributed by atoms with Crippen LogP contribution in [0.15, 0.2) is 36.4 Å². The quantitative estimate of drug-likeness (QED) is 0.859. The number of rotatable bonds is 4. The highest BCUT2D eigenvalue weighted by atomic mass is 16.5. The molecule has 0 aliphatic carbocycles. The zero-order chi connectivity index (χ0) is 16.5. The molecule has 1 aromatic heterocycles. The zero-order valence-corrected chi connectivity index (χ0v) is 14.5. The van der Waals surface area contributed by atoms with Crippen LogP contribution in [0.4, 0.5) is 0 Å². The number of hydrogen-bond donors (Lipinski definition) is 0. The molecular weight excluding hydrogens is 298 g/mol. The average Bonchev–Trinajstić information content (AvgIpc) is 2.63. The molecule has 3 aliphatic heterocycles. The van der Waals surface area contributed by atoms with E-state index in [-0.39, 0.29) is 6.10 Å². The van der Waals surface area contributed by atoms with Crippen LogP contribution in [-0.4, -0.2) is 40.8 Å². The van der Waals surface area contributed by atoms with Gasteiger partial charge in [0.2, 0.25) is 5.88 Å². The predicted octanol–water partition coefficient (Wildman–Crippen LogP) is 3.74. The highest BCUT2D eigenvalue weighted by molar-refractivity contribution is 5.59. The van der Waals surface area contributed by atoms with Gasteiger partial charge >= 0.3 is 0 Å². The molecule has 0 spiro atoms. The summed E-state index contributed by atoms with van der Waals surface area (Å²) in [6, 6.07) is 12.5. The number of nitrogens with zero attached hydrogens (tertiary/aromatic N) is 3. The van der Waals surface area contributed by atoms with Gasteiger partial charge in [-0.1, -0.05) is 38.1 Å². The van der Waals surface area contributed by atoms with Crippen LogP contribution in [0.1, 0.15) is 38.2 Å². The Labute approximate surface area is 143 Å². The summed E-state index contributed by atoms with van der Waals surface area (Å²) in [6.07, 6.45) is 2.77. The van der Waals surface area contributed by atoms with Crippen LogP contribution in [0, 0.1) is 5.92 Å². The van der Waals surface area contributed by atoms with E-state index in [4.69, 9.17) is 4.74 Å². The summed E-state index contributed by atoms with van der Waals surface area (Å²) in [5.74, 6) is 1.87. The largest absolute Gasteiger partial charge is 0.472 e. The van der Waals surface area contributed by atoms with Crippen molar-refractivity contribution >= 4 is 0 Å². The zero-order valence-electron chi connectivity index (χ0n) is 14.5. The molecular formula is C20H25N3O. The molecule has 1 atom stereocenters. The molecule has 4 heterocycles.